The molecule has 0 spiro atoms. The highest BCUT2D eigenvalue weighted by Gasteiger charge is 2.22. The van der Waals surface area contributed by atoms with Crippen LogP contribution >= 0.6 is 0 Å². The summed E-state index contributed by atoms with van der Waals surface area (Å²) in [6.07, 6.45) is 7.62. The Bertz CT molecular complexity index is 526. The van der Waals surface area contributed by atoms with Crippen molar-refractivity contribution in [1.29, 1.82) is 0 Å². The molecule has 1 unspecified atom stereocenters. The monoisotopic (exact) mass is 245 g/mol. The van der Waals surface area contributed by atoms with Crippen molar-refractivity contribution in [3.05, 3.63) is 41.9 Å². The lowest BCUT2D eigenvalue weighted by molar-refractivity contribution is 0.219. The van der Waals surface area contributed by atoms with Crippen LogP contribution in [0.5, 0.6) is 0 Å². The van der Waals surface area contributed by atoms with Crippen LogP contribution in [-0.4, -0.2) is 20.3 Å². The van der Waals surface area contributed by atoms with Crippen LogP contribution in [0.3, 0.4) is 0 Å². The van der Waals surface area contributed by atoms with Crippen LogP contribution in [-0.2, 0) is 6.42 Å². The molecule has 1 atom stereocenters. The predicted molar refractivity (Wildman–Crippen MR) is 65.5 cm³/mol. The van der Waals surface area contributed by atoms with E-state index in [9.17, 15) is 5.11 Å². The molecule has 0 aliphatic heterocycles. The molecule has 18 heavy (non-hydrogen) atoms. The highest BCUT2D eigenvalue weighted by molar-refractivity contribution is 5.44. The zero-order valence-electron chi connectivity index (χ0n) is 9.91. The molecule has 0 radical (unpaired) electrons. The zero-order chi connectivity index (χ0) is 12.4. The van der Waals surface area contributed by atoms with Gasteiger partial charge in [-0.1, -0.05) is 0 Å². The van der Waals surface area contributed by atoms with Gasteiger partial charge in [-0.15, -0.1) is 0 Å². The lowest BCUT2D eigenvalue weighted by Crippen LogP contribution is -1.95. The van der Waals surface area contributed by atoms with Crippen molar-refractivity contribution in [2.45, 2.75) is 25.4 Å². The number of furan rings is 1. The minimum atomic E-state index is -0.788. The van der Waals surface area contributed by atoms with Crippen LogP contribution in [0.4, 0.5) is 0 Å². The molecule has 0 aromatic carbocycles. The van der Waals surface area contributed by atoms with Crippen LogP contribution in [0.15, 0.2) is 29.0 Å². The van der Waals surface area contributed by atoms with Gasteiger partial charge < -0.3 is 9.52 Å². The Morgan fingerprint density at radius 1 is 1.50 bits per heavy atom. The molecule has 0 amide bonds. The molecule has 2 N–H and O–H groups in total. The number of aromatic amines is 1. The normalized spacial score (nSPS) is 17.4. The fourth-order valence-electron chi connectivity index (χ4n) is 1.83. The van der Waals surface area contributed by atoms with Crippen molar-refractivity contribution < 1.29 is 9.52 Å². The number of hydrogen-bond donors (Lipinski definition) is 2. The average molecular weight is 245 g/mol. The molecule has 2 aromatic rings. The largest absolute Gasteiger partial charge is 0.462 e. The van der Waals surface area contributed by atoms with E-state index in [4.69, 9.17) is 4.42 Å². The number of aromatic nitrogens is 3. The van der Waals surface area contributed by atoms with Gasteiger partial charge in [-0.25, -0.2) is 4.98 Å². The maximum absolute atomic E-state index is 9.77. The first-order chi connectivity index (χ1) is 8.81. The lowest BCUT2D eigenvalue weighted by atomic mass is 10.2. The molecule has 1 aliphatic rings. The number of nitrogens with one attached hydrogen (secondary N) is 1. The van der Waals surface area contributed by atoms with Gasteiger partial charge in [0.2, 0.25) is 0 Å². The van der Waals surface area contributed by atoms with E-state index in [2.05, 4.69) is 15.2 Å². The first kappa shape index (κ1) is 11.2. The van der Waals surface area contributed by atoms with Gasteiger partial charge in [0.05, 0.1) is 0 Å². The molecule has 94 valence electrons. The second-order valence-corrected chi connectivity index (χ2v) is 4.63. The van der Waals surface area contributed by atoms with Crippen LogP contribution in [0.25, 0.3) is 6.08 Å². The predicted octanol–water partition coefficient (Wildman–Crippen LogP) is 2.10. The minimum Gasteiger partial charge on any atom is -0.462 e. The molecule has 1 fully saturated rings. The average Bonchev–Trinajstić information content (AvgIpc) is 2.87. The van der Waals surface area contributed by atoms with Crippen LogP contribution in [0.2, 0.25) is 0 Å². The number of rotatable bonds is 5. The summed E-state index contributed by atoms with van der Waals surface area (Å²) in [4.78, 5) is 3.88. The first-order valence-electron chi connectivity index (χ1n) is 6.11. The molecule has 0 bridgehead atoms. The van der Waals surface area contributed by atoms with E-state index in [1.54, 1.807) is 12.2 Å². The lowest BCUT2D eigenvalue weighted by Gasteiger charge is -1.98. The van der Waals surface area contributed by atoms with Crippen molar-refractivity contribution in [1.82, 2.24) is 15.2 Å². The number of H-pyrrole nitrogens is 1. The molecule has 5 heteroatoms. The van der Waals surface area contributed by atoms with Crippen LogP contribution < -0.4 is 0 Å². The summed E-state index contributed by atoms with van der Waals surface area (Å²) >= 11 is 0. The number of aliphatic hydroxyl groups is 1. The summed E-state index contributed by atoms with van der Waals surface area (Å²) in [5, 5.41) is 16.1. The second-order valence-electron chi connectivity index (χ2n) is 4.63. The topological polar surface area (TPSA) is 74.9 Å². The van der Waals surface area contributed by atoms with Gasteiger partial charge in [0.1, 0.15) is 24.0 Å². The molecule has 1 saturated carbocycles. The molecular weight excluding hydrogens is 230 g/mol. The van der Waals surface area contributed by atoms with E-state index < -0.39 is 6.10 Å². The van der Waals surface area contributed by atoms with Gasteiger partial charge in [0.25, 0.3) is 0 Å². The van der Waals surface area contributed by atoms with E-state index in [1.165, 1.54) is 19.2 Å². The second kappa shape index (κ2) is 4.78. The smallest absolute Gasteiger partial charge is 0.157 e. The molecule has 0 saturated heterocycles. The highest BCUT2D eigenvalue weighted by atomic mass is 16.3. The SMILES string of the molecule is OC(C=Cc1ccc(CC2CC2)o1)c1ncn[nH]1. The fraction of sp³-hybridized carbons (Fsp3) is 0.385. The Labute approximate surface area is 105 Å². The summed E-state index contributed by atoms with van der Waals surface area (Å²) in [6.45, 7) is 0. The minimum absolute atomic E-state index is 0.427. The van der Waals surface area contributed by atoms with Crippen LogP contribution in [0.1, 0.15) is 36.3 Å². The van der Waals surface area contributed by atoms with E-state index in [0.29, 0.717) is 5.82 Å². The number of aliphatic hydroxyl groups excluding tert-OH is 1. The summed E-state index contributed by atoms with van der Waals surface area (Å²) in [6, 6.07) is 3.92. The summed E-state index contributed by atoms with van der Waals surface area (Å²) in [7, 11) is 0. The summed E-state index contributed by atoms with van der Waals surface area (Å²) < 4.78 is 5.66. The fourth-order valence-corrected chi connectivity index (χ4v) is 1.83. The maximum Gasteiger partial charge on any atom is 0.157 e. The van der Waals surface area contributed by atoms with Gasteiger partial charge in [-0.3, -0.25) is 5.10 Å². The van der Waals surface area contributed by atoms with Gasteiger partial charge in [0.15, 0.2) is 5.82 Å². The Hall–Kier alpha value is -1.88. The quantitative estimate of drug-likeness (QED) is 0.845. The highest BCUT2D eigenvalue weighted by Crippen LogP contribution is 2.33. The van der Waals surface area contributed by atoms with E-state index in [1.807, 2.05) is 12.1 Å². The van der Waals surface area contributed by atoms with Gasteiger partial charge in [-0.05, 0) is 43.0 Å². The van der Waals surface area contributed by atoms with Gasteiger partial charge in [0, 0.05) is 6.42 Å². The molecule has 1 aliphatic carbocycles. The third-order valence-corrected chi connectivity index (χ3v) is 3.03. The van der Waals surface area contributed by atoms with Crippen molar-refractivity contribution in [2.24, 2.45) is 5.92 Å². The first-order valence-corrected chi connectivity index (χ1v) is 6.11. The maximum atomic E-state index is 9.77. The summed E-state index contributed by atoms with van der Waals surface area (Å²) in [5.74, 6) is 3.01. The van der Waals surface area contributed by atoms with E-state index in [-0.39, 0.29) is 0 Å². The summed E-state index contributed by atoms with van der Waals surface area (Å²) in [5.41, 5.74) is 0. The van der Waals surface area contributed by atoms with Crippen LogP contribution in [0, 0.1) is 5.92 Å². The van der Waals surface area contributed by atoms with E-state index >= 15 is 0 Å². The van der Waals surface area contributed by atoms with Crippen molar-refractivity contribution >= 4 is 6.08 Å². The molecule has 2 aromatic heterocycles. The molecule has 3 rings (SSSR count). The molecule has 2 heterocycles. The van der Waals surface area contributed by atoms with Crippen molar-refractivity contribution in [2.75, 3.05) is 0 Å². The third kappa shape index (κ3) is 2.68. The Morgan fingerprint density at radius 2 is 2.39 bits per heavy atom. The van der Waals surface area contributed by atoms with Crippen molar-refractivity contribution in [3.8, 4) is 0 Å². The molecular formula is C13H15N3O2. The van der Waals surface area contributed by atoms with Crippen molar-refractivity contribution in [3.63, 3.8) is 0 Å². The third-order valence-electron chi connectivity index (χ3n) is 3.03. The van der Waals surface area contributed by atoms with Gasteiger partial charge >= 0.3 is 0 Å². The molecule has 5 nitrogen and oxygen atoms in total. The number of nitrogens with zero attached hydrogens (tertiary/aromatic N) is 2. The Morgan fingerprint density at radius 3 is 3.11 bits per heavy atom. The Balaban J connectivity index is 1.62. The van der Waals surface area contributed by atoms with E-state index in [0.717, 1.165) is 23.9 Å². The van der Waals surface area contributed by atoms with Gasteiger partial charge in [-0.2, -0.15) is 5.10 Å². The zero-order valence-corrected chi connectivity index (χ0v) is 9.91. The number of hydrogen-bond acceptors (Lipinski definition) is 4. The standard InChI is InChI=1S/C13H15N3O2/c17-12(13-14-8-15-16-13)6-5-10-3-4-11(18-10)7-9-1-2-9/h3-6,8-9,12,17H,1-2,7H2,(H,14,15,16). The Kier molecular flexibility index (Phi) is 2.98.